The standard InChI is InChI=1S/C12H17N5/c13-9-5-6-17-11(7-9)15-16-12(17)8-14-10-3-1-2-4-10/h5-7,10,14H,1-4,8,13H2. The van der Waals surface area contributed by atoms with Crippen molar-refractivity contribution in [3.63, 3.8) is 0 Å². The number of anilines is 1. The van der Waals surface area contributed by atoms with Crippen molar-refractivity contribution in [3.05, 3.63) is 24.2 Å². The maximum Gasteiger partial charge on any atom is 0.162 e. The average molecular weight is 231 g/mol. The molecular weight excluding hydrogens is 214 g/mol. The Kier molecular flexibility index (Phi) is 2.68. The van der Waals surface area contributed by atoms with Gasteiger partial charge >= 0.3 is 0 Å². The molecule has 5 heteroatoms. The monoisotopic (exact) mass is 231 g/mol. The van der Waals surface area contributed by atoms with Crippen LogP contribution in [0.1, 0.15) is 31.5 Å². The summed E-state index contributed by atoms with van der Waals surface area (Å²) in [5, 5.41) is 11.8. The molecule has 1 saturated carbocycles. The Morgan fingerprint density at radius 1 is 1.35 bits per heavy atom. The Hall–Kier alpha value is -1.62. The lowest BCUT2D eigenvalue weighted by Crippen LogP contribution is -2.26. The predicted molar refractivity (Wildman–Crippen MR) is 66.5 cm³/mol. The first kappa shape index (κ1) is 10.5. The van der Waals surface area contributed by atoms with Gasteiger partial charge in [-0.1, -0.05) is 12.8 Å². The number of hydrogen-bond acceptors (Lipinski definition) is 4. The molecule has 90 valence electrons. The van der Waals surface area contributed by atoms with Crippen LogP contribution < -0.4 is 11.1 Å². The van der Waals surface area contributed by atoms with Gasteiger partial charge < -0.3 is 11.1 Å². The van der Waals surface area contributed by atoms with Gasteiger partial charge in [-0.15, -0.1) is 10.2 Å². The van der Waals surface area contributed by atoms with Crippen molar-refractivity contribution in [2.45, 2.75) is 38.3 Å². The van der Waals surface area contributed by atoms with E-state index in [2.05, 4.69) is 15.5 Å². The van der Waals surface area contributed by atoms with Crippen molar-refractivity contribution in [1.82, 2.24) is 19.9 Å². The van der Waals surface area contributed by atoms with Gasteiger partial charge in [0.15, 0.2) is 11.5 Å². The van der Waals surface area contributed by atoms with Crippen molar-refractivity contribution < 1.29 is 0 Å². The van der Waals surface area contributed by atoms with Crippen molar-refractivity contribution in [1.29, 1.82) is 0 Å². The molecule has 1 aliphatic carbocycles. The van der Waals surface area contributed by atoms with E-state index in [1.54, 1.807) is 0 Å². The number of nitrogens with zero attached hydrogens (tertiary/aromatic N) is 3. The number of hydrogen-bond donors (Lipinski definition) is 2. The highest BCUT2D eigenvalue weighted by molar-refractivity contribution is 5.51. The molecule has 0 amide bonds. The van der Waals surface area contributed by atoms with Crippen molar-refractivity contribution in [2.24, 2.45) is 0 Å². The predicted octanol–water partition coefficient (Wildman–Crippen LogP) is 1.34. The lowest BCUT2D eigenvalue weighted by Gasteiger charge is -2.10. The summed E-state index contributed by atoms with van der Waals surface area (Å²) in [6.45, 7) is 0.774. The summed E-state index contributed by atoms with van der Waals surface area (Å²) in [5.74, 6) is 0.951. The first-order valence-electron chi connectivity index (χ1n) is 6.15. The second-order valence-corrected chi connectivity index (χ2v) is 4.67. The number of nitrogen functional groups attached to an aromatic ring is 1. The van der Waals surface area contributed by atoms with Crippen LogP contribution in [0.5, 0.6) is 0 Å². The number of pyridine rings is 1. The van der Waals surface area contributed by atoms with Crippen molar-refractivity contribution >= 4 is 11.3 Å². The minimum absolute atomic E-state index is 0.649. The molecule has 2 aromatic rings. The Bertz CT molecular complexity index is 513. The van der Waals surface area contributed by atoms with Gasteiger partial charge in [-0.2, -0.15) is 0 Å². The summed E-state index contributed by atoms with van der Waals surface area (Å²) in [7, 11) is 0. The summed E-state index contributed by atoms with van der Waals surface area (Å²) in [5.41, 5.74) is 7.25. The van der Waals surface area contributed by atoms with Crippen molar-refractivity contribution in [3.8, 4) is 0 Å². The van der Waals surface area contributed by atoms with Crippen molar-refractivity contribution in [2.75, 3.05) is 5.73 Å². The fraction of sp³-hybridized carbons (Fsp3) is 0.500. The lowest BCUT2D eigenvalue weighted by atomic mass is 10.2. The Morgan fingerprint density at radius 3 is 3.00 bits per heavy atom. The molecule has 0 saturated heterocycles. The summed E-state index contributed by atoms with van der Waals surface area (Å²) in [4.78, 5) is 0. The molecule has 3 rings (SSSR count). The minimum Gasteiger partial charge on any atom is -0.399 e. The molecular formula is C12H17N5. The zero-order valence-electron chi connectivity index (χ0n) is 9.76. The molecule has 0 radical (unpaired) electrons. The molecule has 0 bridgehead atoms. The summed E-state index contributed by atoms with van der Waals surface area (Å²) < 4.78 is 1.98. The Labute approximate surface area is 100 Å². The molecule has 0 unspecified atom stereocenters. The smallest absolute Gasteiger partial charge is 0.162 e. The Morgan fingerprint density at radius 2 is 2.18 bits per heavy atom. The zero-order valence-corrected chi connectivity index (χ0v) is 9.76. The first-order chi connectivity index (χ1) is 8.33. The van der Waals surface area contributed by atoms with E-state index < -0.39 is 0 Å². The molecule has 1 aliphatic rings. The second-order valence-electron chi connectivity index (χ2n) is 4.67. The second kappa shape index (κ2) is 4.33. The van der Waals surface area contributed by atoms with E-state index in [0.717, 1.165) is 23.7 Å². The normalized spacial score (nSPS) is 16.9. The third kappa shape index (κ3) is 2.10. The molecule has 0 spiro atoms. The highest BCUT2D eigenvalue weighted by atomic mass is 15.3. The first-order valence-corrected chi connectivity index (χ1v) is 6.15. The highest BCUT2D eigenvalue weighted by Crippen LogP contribution is 2.18. The van der Waals surface area contributed by atoms with Crippen LogP contribution in [0.15, 0.2) is 18.3 Å². The van der Waals surface area contributed by atoms with Gasteiger partial charge in [0, 0.05) is 24.0 Å². The van der Waals surface area contributed by atoms with Gasteiger partial charge in [0.1, 0.15) is 0 Å². The maximum atomic E-state index is 5.71. The molecule has 2 aromatic heterocycles. The van der Waals surface area contributed by atoms with Gasteiger partial charge in [0.2, 0.25) is 0 Å². The van der Waals surface area contributed by atoms with Crippen LogP contribution >= 0.6 is 0 Å². The van der Waals surface area contributed by atoms with E-state index in [9.17, 15) is 0 Å². The van der Waals surface area contributed by atoms with Gasteiger partial charge in [-0.3, -0.25) is 4.40 Å². The zero-order chi connectivity index (χ0) is 11.7. The molecule has 3 N–H and O–H groups in total. The molecule has 0 aromatic carbocycles. The molecule has 17 heavy (non-hydrogen) atoms. The molecule has 0 aliphatic heterocycles. The molecule has 0 atom stereocenters. The minimum atomic E-state index is 0.649. The van der Waals surface area contributed by atoms with Gasteiger partial charge in [-0.25, -0.2) is 0 Å². The van der Waals surface area contributed by atoms with Crippen LogP contribution in [0.2, 0.25) is 0 Å². The van der Waals surface area contributed by atoms with Gasteiger partial charge in [0.25, 0.3) is 0 Å². The maximum absolute atomic E-state index is 5.71. The third-order valence-corrected chi connectivity index (χ3v) is 3.41. The van der Waals surface area contributed by atoms with E-state index in [-0.39, 0.29) is 0 Å². The van der Waals surface area contributed by atoms with Crippen LogP contribution in [-0.2, 0) is 6.54 Å². The highest BCUT2D eigenvalue weighted by Gasteiger charge is 2.15. The van der Waals surface area contributed by atoms with E-state index in [1.807, 2.05) is 22.7 Å². The number of nitrogens with two attached hydrogens (primary N) is 1. The van der Waals surface area contributed by atoms with Crippen LogP contribution in [0.25, 0.3) is 5.65 Å². The topological polar surface area (TPSA) is 68.2 Å². The van der Waals surface area contributed by atoms with E-state index in [1.165, 1.54) is 25.7 Å². The lowest BCUT2D eigenvalue weighted by molar-refractivity contribution is 0.512. The summed E-state index contributed by atoms with van der Waals surface area (Å²) in [6, 6.07) is 4.36. The van der Waals surface area contributed by atoms with E-state index >= 15 is 0 Å². The fourth-order valence-electron chi connectivity index (χ4n) is 2.44. The molecule has 2 heterocycles. The van der Waals surface area contributed by atoms with E-state index in [0.29, 0.717) is 6.04 Å². The molecule has 1 fully saturated rings. The Balaban J connectivity index is 1.76. The third-order valence-electron chi connectivity index (χ3n) is 3.41. The SMILES string of the molecule is Nc1ccn2c(CNC3CCCC3)nnc2c1. The van der Waals surface area contributed by atoms with E-state index in [4.69, 9.17) is 5.73 Å². The quantitative estimate of drug-likeness (QED) is 0.836. The van der Waals surface area contributed by atoms with Crippen LogP contribution in [0, 0.1) is 0 Å². The summed E-state index contributed by atoms with van der Waals surface area (Å²) in [6.07, 6.45) is 7.17. The van der Waals surface area contributed by atoms with Crippen LogP contribution in [0.3, 0.4) is 0 Å². The largest absolute Gasteiger partial charge is 0.399 e. The van der Waals surface area contributed by atoms with Crippen LogP contribution in [-0.4, -0.2) is 20.6 Å². The number of aromatic nitrogens is 3. The molecule has 5 nitrogen and oxygen atoms in total. The number of rotatable bonds is 3. The average Bonchev–Trinajstić information content (AvgIpc) is 2.94. The summed E-state index contributed by atoms with van der Waals surface area (Å²) >= 11 is 0. The van der Waals surface area contributed by atoms with Gasteiger partial charge in [0.05, 0.1) is 6.54 Å². The number of nitrogens with one attached hydrogen (secondary N) is 1. The fourth-order valence-corrected chi connectivity index (χ4v) is 2.44. The number of fused-ring (bicyclic) bond motifs is 1. The van der Waals surface area contributed by atoms with Crippen LogP contribution in [0.4, 0.5) is 5.69 Å². The van der Waals surface area contributed by atoms with Gasteiger partial charge in [-0.05, 0) is 18.9 Å².